The van der Waals surface area contributed by atoms with Crippen molar-refractivity contribution >= 4 is 11.8 Å². The second-order valence-corrected chi connectivity index (χ2v) is 8.37. The van der Waals surface area contributed by atoms with Crippen LogP contribution in [-0.2, 0) is 6.54 Å². The molecule has 2 aromatic rings. The number of benzene rings is 1. The monoisotopic (exact) mass is 484 g/mol. The molecule has 0 aliphatic carbocycles. The summed E-state index contributed by atoms with van der Waals surface area (Å²) in [5.41, 5.74) is -1.75. The van der Waals surface area contributed by atoms with Gasteiger partial charge in [0.05, 0.1) is 0 Å². The number of aromatic nitrogens is 1. The Labute approximate surface area is 201 Å². The van der Waals surface area contributed by atoms with Gasteiger partial charge in [-0.25, -0.2) is 8.78 Å². The molecule has 2 N–H and O–H groups in total. The van der Waals surface area contributed by atoms with Crippen LogP contribution in [0.15, 0.2) is 41.8 Å². The van der Waals surface area contributed by atoms with Crippen molar-refractivity contribution in [2.45, 2.75) is 32.9 Å². The molecule has 1 aromatic heterocycles. The fourth-order valence-corrected chi connectivity index (χ4v) is 3.69. The van der Waals surface area contributed by atoms with Gasteiger partial charge in [-0.3, -0.25) is 24.1 Å². The van der Waals surface area contributed by atoms with E-state index in [2.05, 4.69) is 17.8 Å². The Morgan fingerprint density at radius 2 is 2.06 bits per heavy atom. The van der Waals surface area contributed by atoms with Crippen molar-refractivity contribution in [3.8, 4) is 18.1 Å². The standard InChI is InChI=1S/C25H26F2N4O4/c1-5-16(6-2)9-10-29-14-30(15(3)4)25(35)21-23(33)22(32)19(13-31(21)29)24(34)28-12-17-7-8-18(26)11-20(17)27/h1,6-8,11,13,15-16,33H,2,9-10,12,14H2,3-4H3,(H,28,34)/t16-/m1/s1. The molecule has 2 heterocycles. The first-order valence-electron chi connectivity index (χ1n) is 10.9. The number of nitrogens with zero attached hydrogens (tertiary/aromatic N) is 3. The first kappa shape index (κ1) is 25.5. The van der Waals surface area contributed by atoms with Crippen LogP contribution in [0.5, 0.6) is 5.75 Å². The SMILES string of the molecule is C#C[C@H](C=C)CCN1CN(C(C)C)C(=O)c2c(O)c(=O)c(C(=O)NCc3ccc(F)cc3F)cn21. The molecule has 0 fully saturated rings. The third-order valence-electron chi connectivity index (χ3n) is 5.77. The summed E-state index contributed by atoms with van der Waals surface area (Å²) < 4.78 is 28.3. The van der Waals surface area contributed by atoms with Crippen LogP contribution in [0, 0.1) is 29.9 Å². The van der Waals surface area contributed by atoms with Gasteiger partial charge < -0.3 is 15.3 Å². The number of carbonyl (C=O) groups excluding carboxylic acids is 2. The minimum atomic E-state index is -1.04. The summed E-state index contributed by atoms with van der Waals surface area (Å²) in [5.74, 6) is -1.60. The van der Waals surface area contributed by atoms with Gasteiger partial charge in [0.2, 0.25) is 5.43 Å². The first-order valence-corrected chi connectivity index (χ1v) is 10.9. The predicted molar refractivity (Wildman–Crippen MR) is 126 cm³/mol. The van der Waals surface area contributed by atoms with Gasteiger partial charge in [-0.1, -0.05) is 18.1 Å². The minimum Gasteiger partial charge on any atom is -0.502 e. The minimum absolute atomic E-state index is 0.0103. The van der Waals surface area contributed by atoms with Crippen molar-refractivity contribution in [1.29, 1.82) is 0 Å². The molecule has 184 valence electrons. The van der Waals surface area contributed by atoms with E-state index in [1.807, 2.05) is 0 Å². The van der Waals surface area contributed by atoms with Gasteiger partial charge in [-0.2, -0.15) is 0 Å². The van der Waals surface area contributed by atoms with Gasteiger partial charge in [-0.05, 0) is 26.3 Å². The number of amides is 2. The van der Waals surface area contributed by atoms with Gasteiger partial charge in [0.1, 0.15) is 23.9 Å². The zero-order valence-corrected chi connectivity index (χ0v) is 19.4. The molecular formula is C25H26F2N4O4. The van der Waals surface area contributed by atoms with E-state index in [1.54, 1.807) is 24.9 Å². The zero-order chi connectivity index (χ0) is 25.9. The summed E-state index contributed by atoms with van der Waals surface area (Å²) in [7, 11) is 0. The number of hydrogen-bond acceptors (Lipinski definition) is 5. The van der Waals surface area contributed by atoms with E-state index in [0.29, 0.717) is 19.0 Å². The molecule has 1 atom stereocenters. The van der Waals surface area contributed by atoms with Gasteiger partial charge in [0, 0.05) is 42.9 Å². The number of carbonyl (C=O) groups is 2. The number of terminal acetylenes is 1. The summed E-state index contributed by atoms with van der Waals surface area (Å²) in [6, 6.07) is 2.66. The Morgan fingerprint density at radius 3 is 2.66 bits per heavy atom. The molecule has 1 aliphatic rings. The molecule has 1 aliphatic heterocycles. The first-order chi connectivity index (χ1) is 16.6. The number of rotatable bonds is 8. The summed E-state index contributed by atoms with van der Waals surface area (Å²) in [5, 5.41) is 14.7. The molecule has 10 heteroatoms. The third-order valence-corrected chi connectivity index (χ3v) is 5.77. The van der Waals surface area contributed by atoms with Gasteiger partial charge in [0.15, 0.2) is 11.4 Å². The molecule has 0 saturated heterocycles. The zero-order valence-electron chi connectivity index (χ0n) is 19.4. The highest BCUT2D eigenvalue weighted by atomic mass is 19.1. The largest absolute Gasteiger partial charge is 0.502 e. The van der Waals surface area contributed by atoms with Crippen molar-refractivity contribution in [3.05, 3.63) is 75.7 Å². The Balaban J connectivity index is 1.97. The lowest BCUT2D eigenvalue weighted by Gasteiger charge is -2.41. The van der Waals surface area contributed by atoms with Crippen LogP contribution >= 0.6 is 0 Å². The van der Waals surface area contributed by atoms with Crippen molar-refractivity contribution in [1.82, 2.24) is 14.9 Å². The highest BCUT2D eigenvalue weighted by Gasteiger charge is 2.35. The maximum absolute atomic E-state index is 13.9. The summed E-state index contributed by atoms with van der Waals surface area (Å²) in [6.07, 6.45) is 8.76. The lowest BCUT2D eigenvalue weighted by atomic mass is 10.1. The molecule has 35 heavy (non-hydrogen) atoms. The fraction of sp³-hybridized carbons (Fsp3) is 0.320. The molecule has 0 unspecified atom stereocenters. The topological polar surface area (TPSA) is 94.9 Å². The number of pyridine rings is 1. The number of aromatic hydroxyl groups is 1. The summed E-state index contributed by atoms with van der Waals surface area (Å²) >= 11 is 0. The predicted octanol–water partition coefficient (Wildman–Crippen LogP) is 2.35. The van der Waals surface area contributed by atoms with Crippen LogP contribution in [-0.4, -0.2) is 45.8 Å². The van der Waals surface area contributed by atoms with E-state index in [9.17, 15) is 28.3 Å². The van der Waals surface area contributed by atoms with Crippen molar-refractivity contribution in [2.24, 2.45) is 5.92 Å². The molecule has 1 aromatic carbocycles. The Hall–Kier alpha value is -4.13. The third kappa shape index (κ3) is 5.19. The molecular weight excluding hydrogens is 458 g/mol. The van der Waals surface area contributed by atoms with Crippen LogP contribution < -0.4 is 15.8 Å². The molecule has 0 radical (unpaired) electrons. The van der Waals surface area contributed by atoms with Crippen LogP contribution in [0.4, 0.5) is 8.78 Å². The maximum atomic E-state index is 13.9. The second kappa shape index (κ2) is 10.4. The quantitative estimate of drug-likeness (QED) is 0.443. The average molecular weight is 485 g/mol. The smallest absolute Gasteiger partial charge is 0.278 e. The molecule has 8 nitrogen and oxygen atoms in total. The van der Waals surface area contributed by atoms with E-state index >= 15 is 0 Å². The van der Waals surface area contributed by atoms with Crippen LogP contribution in [0.3, 0.4) is 0 Å². The average Bonchev–Trinajstić information content (AvgIpc) is 2.81. The summed E-state index contributed by atoms with van der Waals surface area (Å²) in [6.45, 7) is 7.43. The van der Waals surface area contributed by atoms with E-state index in [1.165, 1.54) is 21.8 Å². The number of nitrogens with one attached hydrogen (secondary N) is 1. The van der Waals surface area contributed by atoms with Crippen molar-refractivity contribution in [3.63, 3.8) is 0 Å². The van der Waals surface area contributed by atoms with E-state index in [4.69, 9.17) is 6.42 Å². The molecule has 0 bridgehead atoms. The van der Waals surface area contributed by atoms with Gasteiger partial charge in [-0.15, -0.1) is 13.0 Å². The van der Waals surface area contributed by atoms with E-state index in [0.717, 1.165) is 6.07 Å². The number of allylic oxidation sites excluding steroid dienone is 1. The molecule has 2 amide bonds. The summed E-state index contributed by atoms with van der Waals surface area (Å²) in [4.78, 5) is 40.1. The van der Waals surface area contributed by atoms with Gasteiger partial charge >= 0.3 is 0 Å². The van der Waals surface area contributed by atoms with Crippen LogP contribution in [0.2, 0.25) is 0 Å². The van der Waals surface area contributed by atoms with Crippen LogP contribution in [0.25, 0.3) is 0 Å². The van der Waals surface area contributed by atoms with Crippen LogP contribution in [0.1, 0.15) is 46.7 Å². The number of halogens is 2. The molecule has 0 saturated carbocycles. The lowest BCUT2D eigenvalue weighted by Crippen LogP contribution is -2.56. The van der Waals surface area contributed by atoms with Crippen molar-refractivity contribution in [2.75, 3.05) is 18.2 Å². The molecule has 3 rings (SSSR count). The highest BCUT2D eigenvalue weighted by molar-refractivity contribution is 5.99. The Bertz CT molecular complexity index is 1270. The lowest BCUT2D eigenvalue weighted by molar-refractivity contribution is 0.0628. The van der Waals surface area contributed by atoms with Crippen molar-refractivity contribution < 1.29 is 23.5 Å². The highest BCUT2D eigenvalue weighted by Crippen LogP contribution is 2.23. The van der Waals surface area contributed by atoms with E-state index < -0.39 is 40.2 Å². The maximum Gasteiger partial charge on any atom is 0.278 e. The van der Waals surface area contributed by atoms with Gasteiger partial charge in [0.25, 0.3) is 11.8 Å². The normalized spacial score (nSPS) is 13.9. The molecule has 0 spiro atoms. The number of hydrogen-bond donors (Lipinski definition) is 2. The van der Waals surface area contributed by atoms with E-state index in [-0.39, 0.29) is 36.4 Å². The second-order valence-electron chi connectivity index (χ2n) is 8.37. The fourth-order valence-electron chi connectivity index (χ4n) is 3.69. The Kier molecular flexibility index (Phi) is 7.59. The Morgan fingerprint density at radius 1 is 1.34 bits per heavy atom. The number of fused-ring (bicyclic) bond motifs is 1.